The average molecular weight is 416 g/mol. The molecule has 28 heavy (non-hydrogen) atoms. The Morgan fingerprint density at radius 3 is 2.29 bits per heavy atom. The van der Waals surface area contributed by atoms with Gasteiger partial charge in [0.15, 0.2) is 11.6 Å². The summed E-state index contributed by atoms with van der Waals surface area (Å²) in [7, 11) is 0. The number of alkyl halides is 3. The molecule has 9 heteroatoms. The van der Waals surface area contributed by atoms with Crippen LogP contribution in [0.3, 0.4) is 0 Å². The number of ketones is 2. The van der Waals surface area contributed by atoms with Crippen molar-refractivity contribution in [2.45, 2.75) is 25.9 Å². The Bertz CT molecular complexity index is 1040. The lowest BCUT2D eigenvalue weighted by molar-refractivity contribution is -0.137. The van der Waals surface area contributed by atoms with E-state index in [-0.39, 0.29) is 40.3 Å². The number of aromatic nitrogens is 1. The summed E-state index contributed by atoms with van der Waals surface area (Å²) in [6.07, 6.45) is -4.37. The monoisotopic (exact) mass is 415 g/mol. The Kier molecular flexibility index (Phi) is 5.10. The molecule has 0 aliphatic heterocycles. The topological polar surface area (TPSA) is 47.0 Å². The summed E-state index contributed by atoms with van der Waals surface area (Å²) >= 11 is 5.88. The minimum absolute atomic E-state index is 0.0141. The summed E-state index contributed by atoms with van der Waals surface area (Å²) in [4.78, 5) is 29.1. The molecule has 0 radical (unpaired) electrons. The van der Waals surface area contributed by atoms with Crippen LogP contribution >= 0.6 is 11.6 Å². The zero-order valence-corrected chi connectivity index (χ0v) is 15.0. The standard InChI is InChI=1S/C19H11ClF5NO2/c1-2-10-11(6-15-13(20)3-8(7-26-15)19(23,24)25)18(28)16-12(17(10)27)4-9(21)5-14(16)22/h3-5,7H,2,6H2,1H3. The van der Waals surface area contributed by atoms with E-state index in [9.17, 15) is 31.5 Å². The molecule has 1 aliphatic rings. The van der Waals surface area contributed by atoms with E-state index in [0.717, 1.165) is 6.07 Å². The lowest BCUT2D eigenvalue weighted by Gasteiger charge is -2.21. The highest BCUT2D eigenvalue weighted by Crippen LogP contribution is 2.35. The van der Waals surface area contributed by atoms with Crippen LogP contribution in [0, 0.1) is 11.6 Å². The number of carbonyl (C=O) groups excluding carboxylic acids is 2. The fraction of sp³-hybridized carbons (Fsp3) is 0.211. The van der Waals surface area contributed by atoms with Crippen molar-refractivity contribution in [2.75, 3.05) is 0 Å². The molecule has 146 valence electrons. The Hall–Kier alpha value is -2.61. The van der Waals surface area contributed by atoms with Gasteiger partial charge in [-0.15, -0.1) is 0 Å². The largest absolute Gasteiger partial charge is 0.417 e. The van der Waals surface area contributed by atoms with E-state index < -0.39 is 40.5 Å². The zero-order valence-electron chi connectivity index (χ0n) is 14.3. The number of hydrogen-bond acceptors (Lipinski definition) is 3. The van der Waals surface area contributed by atoms with Crippen molar-refractivity contribution in [1.29, 1.82) is 0 Å². The Labute approximate surface area is 160 Å². The maximum Gasteiger partial charge on any atom is 0.417 e. The predicted octanol–water partition coefficient (Wildman–Crippen LogP) is 5.36. The van der Waals surface area contributed by atoms with Crippen LogP contribution in [0.1, 0.15) is 45.3 Å². The number of benzene rings is 1. The number of nitrogens with zero attached hydrogens (tertiary/aromatic N) is 1. The molecule has 1 heterocycles. The Morgan fingerprint density at radius 2 is 1.71 bits per heavy atom. The number of Topliss-reactive ketones (excluding diaryl/α,β-unsaturated/α-hetero) is 2. The zero-order chi connectivity index (χ0) is 20.8. The maximum absolute atomic E-state index is 14.2. The molecule has 0 N–H and O–H groups in total. The summed E-state index contributed by atoms with van der Waals surface area (Å²) in [6.45, 7) is 1.57. The number of pyridine rings is 1. The normalized spacial score (nSPS) is 14.5. The van der Waals surface area contributed by atoms with Crippen molar-refractivity contribution in [3.05, 3.63) is 74.6 Å². The van der Waals surface area contributed by atoms with Gasteiger partial charge in [-0.2, -0.15) is 13.2 Å². The highest BCUT2D eigenvalue weighted by molar-refractivity contribution is 6.31. The van der Waals surface area contributed by atoms with Gasteiger partial charge < -0.3 is 0 Å². The quantitative estimate of drug-likeness (QED) is 0.634. The van der Waals surface area contributed by atoms with E-state index in [2.05, 4.69) is 4.98 Å². The van der Waals surface area contributed by atoms with Crippen molar-refractivity contribution < 1.29 is 31.5 Å². The van der Waals surface area contributed by atoms with E-state index in [4.69, 9.17) is 11.6 Å². The highest BCUT2D eigenvalue weighted by atomic mass is 35.5. The van der Waals surface area contributed by atoms with Crippen molar-refractivity contribution in [2.24, 2.45) is 0 Å². The fourth-order valence-electron chi connectivity index (χ4n) is 3.05. The van der Waals surface area contributed by atoms with Crippen LogP contribution in [0.5, 0.6) is 0 Å². The first kappa shape index (κ1) is 20.1. The van der Waals surface area contributed by atoms with Gasteiger partial charge in [0.05, 0.1) is 21.8 Å². The lowest BCUT2D eigenvalue weighted by atomic mass is 9.81. The Balaban J connectivity index is 2.09. The minimum atomic E-state index is -4.65. The summed E-state index contributed by atoms with van der Waals surface area (Å²) in [5.41, 5.74) is -2.19. The van der Waals surface area contributed by atoms with Gasteiger partial charge in [-0.05, 0) is 18.6 Å². The number of allylic oxidation sites excluding steroid dienone is 2. The predicted molar refractivity (Wildman–Crippen MR) is 90.3 cm³/mol. The maximum atomic E-state index is 14.2. The molecule has 0 fully saturated rings. The van der Waals surface area contributed by atoms with Gasteiger partial charge in [0.25, 0.3) is 0 Å². The van der Waals surface area contributed by atoms with Gasteiger partial charge in [0.2, 0.25) is 0 Å². The summed E-state index contributed by atoms with van der Waals surface area (Å²) < 4.78 is 65.9. The smallest absolute Gasteiger partial charge is 0.289 e. The fourth-order valence-corrected chi connectivity index (χ4v) is 3.28. The van der Waals surface area contributed by atoms with Crippen LogP contribution in [0.4, 0.5) is 22.0 Å². The van der Waals surface area contributed by atoms with Crippen molar-refractivity contribution in [3.8, 4) is 0 Å². The van der Waals surface area contributed by atoms with Crippen molar-refractivity contribution >= 4 is 23.2 Å². The number of hydrogen-bond donors (Lipinski definition) is 0. The molecule has 1 aromatic heterocycles. The average Bonchev–Trinajstić information content (AvgIpc) is 2.59. The second kappa shape index (κ2) is 7.09. The number of rotatable bonds is 3. The van der Waals surface area contributed by atoms with E-state index >= 15 is 0 Å². The number of halogens is 6. The molecule has 0 bridgehead atoms. The Morgan fingerprint density at radius 1 is 1.04 bits per heavy atom. The van der Waals surface area contributed by atoms with E-state index in [1.54, 1.807) is 6.92 Å². The molecule has 0 unspecified atom stereocenters. The number of carbonyl (C=O) groups is 2. The van der Waals surface area contributed by atoms with Crippen LogP contribution < -0.4 is 0 Å². The van der Waals surface area contributed by atoms with Gasteiger partial charge in [0.1, 0.15) is 11.6 Å². The van der Waals surface area contributed by atoms with E-state index in [0.29, 0.717) is 18.3 Å². The third-order valence-corrected chi connectivity index (χ3v) is 4.71. The molecule has 1 aromatic carbocycles. The van der Waals surface area contributed by atoms with Gasteiger partial charge >= 0.3 is 6.18 Å². The SMILES string of the molecule is CCC1=C(Cc2ncc(C(F)(F)F)cc2Cl)C(=O)c2c(F)cc(F)cc2C1=O. The third kappa shape index (κ3) is 3.44. The van der Waals surface area contributed by atoms with E-state index in [1.807, 2.05) is 0 Å². The molecular formula is C19H11ClF5NO2. The first-order valence-electron chi connectivity index (χ1n) is 8.06. The van der Waals surface area contributed by atoms with Crippen LogP contribution in [0.2, 0.25) is 5.02 Å². The molecule has 0 saturated heterocycles. The highest BCUT2D eigenvalue weighted by Gasteiger charge is 2.35. The van der Waals surface area contributed by atoms with Crippen molar-refractivity contribution in [1.82, 2.24) is 4.98 Å². The molecule has 0 spiro atoms. The van der Waals surface area contributed by atoms with Gasteiger partial charge in [-0.25, -0.2) is 8.78 Å². The van der Waals surface area contributed by atoms with E-state index in [1.165, 1.54) is 0 Å². The second-order valence-electron chi connectivity index (χ2n) is 6.11. The molecule has 0 atom stereocenters. The number of fused-ring (bicyclic) bond motifs is 1. The summed E-state index contributed by atoms with van der Waals surface area (Å²) in [5.74, 6) is -3.74. The van der Waals surface area contributed by atoms with Gasteiger partial charge in [-0.3, -0.25) is 14.6 Å². The van der Waals surface area contributed by atoms with Crippen LogP contribution in [0.15, 0.2) is 35.5 Å². The molecule has 0 amide bonds. The van der Waals surface area contributed by atoms with Crippen molar-refractivity contribution in [3.63, 3.8) is 0 Å². The first-order valence-corrected chi connectivity index (χ1v) is 8.44. The molecule has 3 nitrogen and oxygen atoms in total. The lowest BCUT2D eigenvalue weighted by Crippen LogP contribution is -2.25. The summed E-state index contributed by atoms with van der Waals surface area (Å²) in [6, 6.07) is 1.94. The van der Waals surface area contributed by atoms with Gasteiger partial charge in [-0.1, -0.05) is 18.5 Å². The second-order valence-corrected chi connectivity index (χ2v) is 6.51. The summed E-state index contributed by atoms with van der Waals surface area (Å²) in [5, 5.41) is -0.344. The van der Waals surface area contributed by atoms with Crippen LogP contribution in [0.25, 0.3) is 0 Å². The minimum Gasteiger partial charge on any atom is -0.289 e. The first-order chi connectivity index (χ1) is 13.0. The molecule has 2 aromatic rings. The molecular weight excluding hydrogens is 405 g/mol. The van der Waals surface area contributed by atoms with Crippen LogP contribution in [-0.2, 0) is 12.6 Å². The molecule has 1 aliphatic carbocycles. The molecule has 3 rings (SSSR count). The van der Waals surface area contributed by atoms with Crippen LogP contribution in [-0.4, -0.2) is 16.6 Å². The molecule has 0 saturated carbocycles. The third-order valence-electron chi connectivity index (χ3n) is 4.38. The van der Waals surface area contributed by atoms with Gasteiger partial charge in [0, 0.05) is 35.4 Å².